The van der Waals surface area contributed by atoms with Gasteiger partial charge in [-0.05, 0) is 70.0 Å². The summed E-state index contributed by atoms with van der Waals surface area (Å²) in [5, 5.41) is 13.5. The summed E-state index contributed by atoms with van der Waals surface area (Å²) in [5.41, 5.74) is 3.42. The molecule has 1 amide bonds. The summed E-state index contributed by atoms with van der Waals surface area (Å²) >= 11 is 1.57. The van der Waals surface area contributed by atoms with Gasteiger partial charge in [0, 0.05) is 36.1 Å². The minimum absolute atomic E-state index is 0.00470. The fraction of sp³-hybridized carbons (Fsp3) is 0.391. The number of nitrogens with zero attached hydrogens (tertiary/aromatic N) is 4. The van der Waals surface area contributed by atoms with Gasteiger partial charge in [-0.15, -0.1) is 10.2 Å². The molecule has 9 heteroatoms. The van der Waals surface area contributed by atoms with Crippen LogP contribution in [0.25, 0.3) is 5.13 Å². The van der Waals surface area contributed by atoms with Crippen molar-refractivity contribution in [2.24, 2.45) is 5.92 Å². The fourth-order valence-corrected chi connectivity index (χ4v) is 4.90. The Labute approximate surface area is 191 Å². The molecule has 1 saturated heterocycles. The van der Waals surface area contributed by atoms with Crippen molar-refractivity contribution in [1.82, 2.24) is 14.8 Å². The molecule has 0 bridgehead atoms. The largest absolute Gasteiger partial charge is 0.462 e. The number of hydrogen-bond donors (Lipinski definition) is 1. The number of amides is 1. The molecule has 1 N–H and O–H groups in total. The fourth-order valence-electron chi connectivity index (χ4n) is 3.88. The van der Waals surface area contributed by atoms with E-state index < -0.39 is 0 Å². The van der Waals surface area contributed by atoms with Gasteiger partial charge < -0.3 is 15.0 Å². The number of nitrogens with one attached hydrogen (secondary N) is 1. The van der Waals surface area contributed by atoms with Crippen LogP contribution in [0.5, 0.6) is 0 Å². The van der Waals surface area contributed by atoms with Crippen molar-refractivity contribution in [2.45, 2.75) is 33.6 Å². The number of piperidine rings is 1. The van der Waals surface area contributed by atoms with E-state index in [0.29, 0.717) is 17.9 Å². The van der Waals surface area contributed by atoms with Gasteiger partial charge in [-0.3, -0.25) is 9.36 Å². The second kappa shape index (κ2) is 9.52. The lowest BCUT2D eigenvalue weighted by atomic mass is 9.96. The Kier molecular flexibility index (Phi) is 6.55. The van der Waals surface area contributed by atoms with E-state index in [1.165, 1.54) is 0 Å². The first-order valence-electron chi connectivity index (χ1n) is 10.8. The number of anilines is 2. The zero-order chi connectivity index (χ0) is 22.7. The van der Waals surface area contributed by atoms with E-state index in [0.717, 1.165) is 47.6 Å². The molecule has 0 saturated carbocycles. The maximum absolute atomic E-state index is 12.7. The molecule has 0 atom stereocenters. The number of aromatic nitrogens is 3. The van der Waals surface area contributed by atoms with Crippen LogP contribution >= 0.6 is 11.3 Å². The number of esters is 1. The maximum atomic E-state index is 12.7. The van der Waals surface area contributed by atoms with Crippen molar-refractivity contribution in [3.8, 4) is 5.13 Å². The van der Waals surface area contributed by atoms with E-state index >= 15 is 0 Å². The van der Waals surface area contributed by atoms with Crippen LogP contribution in [-0.2, 0) is 9.53 Å². The second-order valence-corrected chi connectivity index (χ2v) is 8.80. The number of ether oxygens (including phenoxy) is 1. The van der Waals surface area contributed by atoms with E-state index in [9.17, 15) is 9.59 Å². The van der Waals surface area contributed by atoms with Gasteiger partial charge in [0.05, 0.1) is 12.2 Å². The molecule has 3 heterocycles. The lowest BCUT2D eigenvalue weighted by molar-refractivity contribution is -0.120. The maximum Gasteiger partial charge on any atom is 0.338 e. The van der Waals surface area contributed by atoms with Crippen LogP contribution in [0.1, 0.15) is 41.5 Å². The summed E-state index contributed by atoms with van der Waals surface area (Å²) in [7, 11) is 0. The van der Waals surface area contributed by atoms with E-state index in [1.54, 1.807) is 42.5 Å². The number of hydrogen-bond acceptors (Lipinski definition) is 7. The highest BCUT2D eigenvalue weighted by atomic mass is 32.1. The Bertz CT molecular complexity index is 1080. The highest BCUT2D eigenvalue weighted by Gasteiger charge is 2.27. The van der Waals surface area contributed by atoms with Crippen molar-refractivity contribution < 1.29 is 14.3 Å². The molecule has 1 aliphatic heterocycles. The molecule has 0 radical (unpaired) electrons. The summed E-state index contributed by atoms with van der Waals surface area (Å²) in [4.78, 5) is 26.7. The van der Waals surface area contributed by atoms with Crippen LogP contribution in [0.3, 0.4) is 0 Å². The van der Waals surface area contributed by atoms with Crippen molar-refractivity contribution in [3.05, 3.63) is 53.3 Å². The van der Waals surface area contributed by atoms with E-state index in [-0.39, 0.29) is 17.8 Å². The SMILES string of the molecule is CCOC(=O)c1ccc(NC(=O)C2CCN(c3nnc(-n4c(C)ccc4C)s3)CC2)cc1. The predicted octanol–water partition coefficient (Wildman–Crippen LogP) is 3.98. The molecule has 1 aromatic carbocycles. The average molecular weight is 454 g/mol. The smallest absolute Gasteiger partial charge is 0.338 e. The lowest BCUT2D eigenvalue weighted by Gasteiger charge is -2.30. The van der Waals surface area contributed by atoms with E-state index in [2.05, 4.69) is 51.0 Å². The van der Waals surface area contributed by atoms with E-state index in [1.807, 2.05) is 0 Å². The predicted molar refractivity (Wildman–Crippen MR) is 125 cm³/mol. The van der Waals surface area contributed by atoms with Crippen molar-refractivity contribution in [1.29, 1.82) is 0 Å². The third kappa shape index (κ3) is 4.67. The van der Waals surface area contributed by atoms with E-state index in [4.69, 9.17) is 4.74 Å². The Morgan fingerprint density at radius 2 is 1.66 bits per heavy atom. The molecule has 0 unspecified atom stereocenters. The standard InChI is InChI=1S/C23H27N5O3S/c1-4-31-21(30)18-7-9-19(10-8-18)24-20(29)17-11-13-27(14-12-17)22-25-26-23(32-22)28-15(2)5-6-16(28)3/h5-10,17H,4,11-14H2,1-3H3,(H,24,29). The number of aryl methyl sites for hydroxylation is 2. The quantitative estimate of drug-likeness (QED) is 0.568. The molecule has 3 aromatic rings. The molecule has 4 rings (SSSR count). The minimum Gasteiger partial charge on any atom is -0.462 e. The van der Waals surface area contributed by atoms with Gasteiger partial charge in [0.15, 0.2) is 0 Å². The van der Waals surface area contributed by atoms with Crippen LogP contribution in [0.4, 0.5) is 10.8 Å². The summed E-state index contributed by atoms with van der Waals surface area (Å²) < 4.78 is 7.09. The van der Waals surface area contributed by atoms with Crippen LogP contribution in [0.15, 0.2) is 36.4 Å². The molecule has 32 heavy (non-hydrogen) atoms. The molecule has 8 nitrogen and oxygen atoms in total. The Morgan fingerprint density at radius 3 is 2.28 bits per heavy atom. The van der Waals surface area contributed by atoms with Gasteiger partial charge in [-0.2, -0.15) is 0 Å². The third-order valence-corrected chi connectivity index (χ3v) is 6.64. The van der Waals surface area contributed by atoms with Crippen LogP contribution in [0, 0.1) is 19.8 Å². The zero-order valence-corrected chi connectivity index (χ0v) is 19.3. The Hall–Kier alpha value is -3.20. The second-order valence-electron chi connectivity index (χ2n) is 7.87. The molecule has 2 aromatic heterocycles. The number of carbonyl (C=O) groups excluding carboxylic acids is 2. The molecular weight excluding hydrogens is 426 g/mol. The van der Waals surface area contributed by atoms with Crippen molar-refractivity contribution in [2.75, 3.05) is 29.9 Å². The summed E-state index contributed by atoms with van der Waals surface area (Å²) in [6, 6.07) is 10.9. The number of benzene rings is 1. The number of carbonyl (C=O) groups is 2. The molecule has 0 spiro atoms. The molecule has 1 aliphatic rings. The first kappa shape index (κ1) is 22.0. The Morgan fingerprint density at radius 1 is 1.03 bits per heavy atom. The normalized spacial score (nSPS) is 14.4. The highest BCUT2D eigenvalue weighted by molar-refractivity contribution is 7.17. The van der Waals surface area contributed by atoms with Gasteiger partial charge >= 0.3 is 5.97 Å². The molecular formula is C23H27N5O3S. The Balaban J connectivity index is 1.32. The minimum atomic E-state index is -0.361. The third-order valence-electron chi connectivity index (χ3n) is 5.67. The van der Waals surface area contributed by atoms with Crippen LogP contribution in [0.2, 0.25) is 0 Å². The van der Waals surface area contributed by atoms with Crippen LogP contribution in [-0.4, -0.2) is 46.3 Å². The monoisotopic (exact) mass is 453 g/mol. The summed E-state index contributed by atoms with van der Waals surface area (Å²) in [6.45, 7) is 7.74. The molecule has 168 valence electrons. The highest BCUT2D eigenvalue weighted by Crippen LogP contribution is 2.29. The van der Waals surface area contributed by atoms with Crippen LogP contribution < -0.4 is 10.2 Å². The number of rotatable bonds is 6. The molecule has 1 fully saturated rings. The summed E-state index contributed by atoms with van der Waals surface area (Å²) in [5.74, 6) is -0.415. The van der Waals surface area contributed by atoms with Crippen molar-refractivity contribution >= 4 is 34.0 Å². The van der Waals surface area contributed by atoms with Gasteiger partial charge in [0.25, 0.3) is 0 Å². The van der Waals surface area contributed by atoms with Crippen molar-refractivity contribution in [3.63, 3.8) is 0 Å². The topological polar surface area (TPSA) is 89.3 Å². The average Bonchev–Trinajstić information content (AvgIpc) is 3.40. The zero-order valence-electron chi connectivity index (χ0n) is 18.5. The first-order chi connectivity index (χ1) is 15.5. The summed E-state index contributed by atoms with van der Waals surface area (Å²) in [6.07, 6.45) is 1.51. The lowest BCUT2D eigenvalue weighted by Crippen LogP contribution is -2.38. The van der Waals surface area contributed by atoms with Gasteiger partial charge in [0.2, 0.25) is 16.2 Å². The van der Waals surface area contributed by atoms with Gasteiger partial charge in [-0.1, -0.05) is 11.3 Å². The van der Waals surface area contributed by atoms with Gasteiger partial charge in [0.1, 0.15) is 0 Å². The first-order valence-corrected chi connectivity index (χ1v) is 11.6. The molecule has 0 aliphatic carbocycles. The van der Waals surface area contributed by atoms with Gasteiger partial charge in [-0.25, -0.2) is 4.79 Å².